The molecule has 0 fully saturated rings. The normalized spacial score (nSPS) is 11.1. The molecule has 0 aliphatic rings. The topological polar surface area (TPSA) is 81.2 Å². The zero-order valence-electron chi connectivity index (χ0n) is 26.7. The van der Waals surface area contributed by atoms with Gasteiger partial charge in [0, 0.05) is 32.8 Å². The molecular weight excluding hydrogens is 611 g/mol. The Bertz CT molecular complexity index is 2970. The van der Waals surface area contributed by atoms with Gasteiger partial charge in [0.25, 0.3) is 0 Å². The van der Waals surface area contributed by atoms with Crippen molar-refractivity contribution in [3.63, 3.8) is 0 Å². The van der Waals surface area contributed by atoms with E-state index in [1.807, 2.05) is 84.9 Å². The highest BCUT2D eigenvalue weighted by molar-refractivity contribution is 6.12. The summed E-state index contributed by atoms with van der Waals surface area (Å²) in [7, 11) is 0. The number of rotatable bonds is 4. The number of nitrogens with zero attached hydrogens (tertiary/aromatic N) is 5. The number of aromatic nitrogens is 2. The van der Waals surface area contributed by atoms with Gasteiger partial charge in [-0.25, -0.2) is 0 Å². The summed E-state index contributed by atoms with van der Waals surface area (Å²) >= 11 is 0. The van der Waals surface area contributed by atoms with Crippen LogP contribution in [0, 0.1) is 34.0 Å². The standard InChI is InChI=1S/C45H25N5/c46-26-29-22-23-42-39(24-29)36-16-4-6-20-41(36)50(42)43-21-9-11-31(27-47)44(43)37-17-2-1-14-34(37)30-10-7-13-33(25-30)49-40-19-5-3-15-35(40)38-18-8-12-32(28-48)45(38)49/h1-25H. The molecule has 0 saturated heterocycles. The maximum absolute atomic E-state index is 10.6. The van der Waals surface area contributed by atoms with Crippen LogP contribution in [0.1, 0.15) is 16.7 Å². The van der Waals surface area contributed by atoms with Gasteiger partial charge in [-0.1, -0.05) is 91.0 Å². The Labute approximate surface area is 287 Å². The Hall–Kier alpha value is -7.39. The van der Waals surface area contributed by atoms with E-state index in [1.165, 1.54) is 0 Å². The average Bonchev–Trinajstić information content (AvgIpc) is 3.70. The van der Waals surface area contributed by atoms with E-state index < -0.39 is 0 Å². The van der Waals surface area contributed by atoms with Crippen LogP contribution in [0.5, 0.6) is 0 Å². The molecule has 9 aromatic rings. The monoisotopic (exact) mass is 635 g/mol. The number of benzene rings is 7. The van der Waals surface area contributed by atoms with E-state index >= 15 is 0 Å². The number of para-hydroxylation sites is 3. The van der Waals surface area contributed by atoms with E-state index in [9.17, 15) is 15.8 Å². The van der Waals surface area contributed by atoms with Gasteiger partial charge in [0.15, 0.2) is 0 Å². The van der Waals surface area contributed by atoms with Crippen LogP contribution in [-0.2, 0) is 0 Å². The molecule has 9 rings (SSSR count). The molecule has 5 nitrogen and oxygen atoms in total. The Morgan fingerprint density at radius 2 is 1.04 bits per heavy atom. The molecule has 7 aromatic carbocycles. The molecule has 0 N–H and O–H groups in total. The Morgan fingerprint density at radius 1 is 0.420 bits per heavy atom. The number of nitriles is 3. The Morgan fingerprint density at radius 3 is 1.82 bits per heavy atom. The van der Waals surface area contributed by atoms with E-state index in [4.69, 9.17) is 0 Å². The fourth-order valence-electron chi connectivity index (χ4n) is 7.55. The molecule has 0 amide bonds. The molecule has 0 aliphatic carbocycles. The first kappa shape index (κ1) is 28.8. The summed E-state index contributed by atoms with van der Waals surface area (Å²) in [5.74, 6) is 0. The number of fused-ring (bicyclic) bond motifs is 6. The van der Waals surface area contributed by atoms with E-state index in [0.717, 1.165) is 77.2 Å². The maximum Gasteiger partial charge on any atom is 0.101 e. The fraction of sp³-hybridized carbons (Fsp3) is 0. The first-order chi connectivity index (χ1) is 24.7. The molecule has 0 saturated carbocycles. The Kier molecular flexibility index (Phi) is 6.56. The molecule has 0 aliphatic heterocycles. The molecule has 230 valence electrons. The van der Waals surface area contributed by atoms with Crippen molar-refractivity contribution in [3.8, 4) is 51.8 Å². The second kappa shape index (κ2) is 11.4. The van der Waals surface area contributed by atoms with E-state index in [0.29, 0.717) is 16.7 Å². The van der Waals surface area contributed by atoms with Crippen LogP contribution in [0.2, 0.25) is 0 Å². The third-order valence-electron chi connectivity index (χ3n) is 9.63. The van der Waals surface area contributed by atoms with Crippen LogP contribution in [-0.4, -0.2) is 9.13 Å². The van der Waals surface area contributed by atoms with Gasteiger partial charge in [-0.15, -0.1) is 0 Å². The van der Waals surface area contributed by atoms with Crippen molar-refractivity contribution in [1.29, 1.82) is 15.8 Å². The van der Waals surface area contributed by atoms with Crippen molar-refractivity contribution >= 4 is 43.6 Å². The summed E-state index contributed by atoms with van der Waals surface area (Å²) < 4.78 is 4.38. The fourth-order valence-corrected chi connectivity index (χ4v) is 7.55. The molecular formula is C45H25N5. The van der Waals surface area contributed by atoms with Crippen molar-refractivity contribution in [1.82, 2.24) is 9.13 Å². The second-order valence-corrected chi connectivity index (χ2v) is 12.3. The average molecular weight is 636 g/mol. The molecule has 0 bridgehead atoms. The van der Waals surface area contributed by atoms with Crippen LogP contribution in [0.15, 0.2) is 152 Å². The van der Waals surface area contributed by atoms with Gasteiger partial charge in [0.05, 0.1) is 56.6 Å². The van der Waals surface area contributed by atoms with E-state index in [1.54, 1.807) is 0 Å². The van der Waals surface area contributed by atoms with E-state index in [-0.39, 0.29) is 0 Å². The van der Waals surface area contributed by atoms with Gasteiger partial charge >= 0.3 is 0 Å². The zero-order valence-corrected chi connectivity index (χ0v) is 26.7. The predicted molar refractivity (Wildman–Crippen MR) is 200 cm³/mol. The third kappa shape index (κ3) is 4.24. The van der Waals surface area contributed by atoms with Crippen LogP contribution in [0.4, 0.5) is 0 Å². The quantitative estimate of drug-likeness (QED) is 0.193. The van der Waals surface area contributed by atoms with Crippen molar-refractivity contribution in [2.45, 2.75) is 0 Å². The molecule has 0 spiro atoms. The lowest BCUT2D eigenvalue weighted by atomic mass is 9.90. The first-order valence-corrected chi connectivity index (χ1v) is 16.3. The van der Waals surface area contributed by atoms with Gasteiger partial charge in [0.1, 0.15) is 6.07 Å². The largest absolute Gasteiger partial charge is 0.309 e. The summed E-state index contributed by atoms with van der Waals surface area (Å²) in [6.07, 6.45) is 0. The molecule has 0 radical (unpaired) electrons. The van der Waals surface area contributed by atoms with Crippen LogP contribution in [0.3, 0.4) is 0 Å². The van der Waals surface area contributed by atoms with Crippen molar-refractivity contribution < 1.29 is 0 Å². The van der Waals surface area contributed by atoms with Gasteiger partial charge < -0.3 is 9.13 Å². The van der Waals surface area contributed by atoms with Crippen molar-refractivity contribution in [2.24, 2.45) is 0 Å². The number of hydrogen-bond acceptors (Lipinski definition) is 3. The van der Waals surface area contributed by atoms with Gasteiger partial charge in [-0.3, -0.25) is 0 Å². The summed E-state index contributed by atoms with van der Waals surface area (Å²) in [6.45, 7) is 0. The summed E-state index contributed by atoms with van der Waals surface area (Å²) in [5, 5.41) is 34.5. The Balaban J connectivity index is 1.31. The number of hydrogen-bond donors (Lipinski definition) is 0. The minimum Gasteiger partial charge on any atom is -0.309 e. The lowest BCUT2D eigenvalue weighted by Crippen LogP contribution is -2.01. The third-order valence-corrected chi connectivity index (χ3v) is 9.63. The molecule has 5 heteroatoms. The summed E-state index contributed by atoms with van der Waals surface area (Å²) in [5.41, 5.74) is 11.2. The SMILES string of the molecule is N#Cc1ccc2c(c1)c1ccccc1n2-c1cccc(C#N)c1-c1ccccc1-c1cccc(-n2c3ccccc3c3cccc(C#N)c32)c1. The van der Waals surface area contributed by atoms with Crippen molar-refractivity contribution in [2.75, 3.05) is 0 Å². The smallest absolute Gasteiger partial charge is 0.101 e. The molecule has 50 heavy (non-hydrogen) atoms. The molecule has 0 unspecified atom stereocenters. The zero-order chi connectivity index (χ0) is 33.8. The van der Waals surface area contributed by atoms with E-state index in [2.05, 4.69) is 94.1 Å². The molecule has 0 atom stereocenters. The van der Waals surface area contributed by atoms with Gasteiger partial charge in [-0.2, -0.15) is 15.8 Å². The minimum atomic E-state index is 0.562. The van der Waals surface area contributed by atoms with Gasteiger partial charge in [0.2, 0.25) is 0 Å². The highest BCUT2D eigenvalue weighted by atomic mass is 15.0. The lowest BCUT2D eigenvalue weighted by molar-refractivity contribution is 1.17. The molecule has 2 aromatic heterocycles. The van der Waals surface area contributed by atoms with Crippen LogP contribution >= 0.6 is 0 Å². The predicted octanol–water partition coefficient (Wildman–Crippen LogP) is 10.8. The summed E-state index contributed by atoms with van der Waals surface area (Å²) in [6, 6.07) is 57.8. The molecule has 2 heterocycles. The minimum absolute atomic E-state index is 0.562. The second-order valence-electron chi connectivity index (χ2n) is 12.3. The van der Waals surface area contributed by atoms with Gasteiger partial charge in [-0.05, 0) is 77.4 Å². The lowest BCUT2D eigenvalue weighted by Gasteiger charge is -2.19. The highest BCUT2D eigenvalue weighted by Crippen LogP contribution is 2.42. The van der Waals surface area contributed by atoms with Crippen LogP contribution < -0.4 is 0 Å². The van der Waals surface area contributed by atoms with Crippen molar-refractivity contribution in [3.05, 3.63) is 168 Å². The summed E-state index contributed by atoms with van der Waals surface area (Å²) in [4.78, 5) is 0. The highest BCUT2D eigenvalue weighted by Gasteiger charge is 2.21. The van der Waals surface area contributed by atoms with Crippen LogP contribution in [0.25, 0.3) is 77.2 Å². The first-order valence-electron chi connectivity index (χ1n) is 16.3. The maximum atomic E-state index is 10.6.